The second-order valence-electron chi connectivity index (χ2n) is 14.5. The zero-order valence-electron chi connectivity index (χ0n) is 34.0. The molecule has 2 saturated carbocycles. The first-order valence-electron chi connectivity index (χ1n) is 20.6. The quantitative estimate of drug-likeness (QED) is 0.0774. The highest BCUT2D eigenvalue weighted by Crippen LogP contribution is 2.18. The number of aromatic amines is 1. The van der Waals surface area contributed by atoms with Gasteiger partial charge in [0.2, 0.25) is 6.08 Å². The molecule has 4 aromatic rings. The summed E-state index contributed by atoms with van der Waals surface area (Å²) in [6.45, 7) is 2.29. The molecule has 1 heterocycles. The highest BCUT2D eigenvalue weighted by Gasteiger charge is 2.18. The third kappa shape index (κ3) is 20.8. The van der Waals surface area contributed by atoms with E-state index in [4.69, 9.17) is 15.5 Å². The highest BCUT2D eigenvalue weighted by molar-refractivity contribution is 9.11. The van der Waals surface area contributed by atoms with E-state index in [2.05, 4.69) is 106 Å². The van der Waals surface area contributed by atoms with Crippen LogP contribution in [0.5, 0.6) is 0 Å². The van der Waals surface area contributed by atoms with Crippen LogP contribution in [0.1, 0.15) is 105 Å². The van der Waals surface area contributed by atoms with Gasteiger partial charge in [0.25, 0.3) is 5.56 Å². The lowest BCUT2D eigenvalue weighted by atomic mass is 9.96. The van der Waals surface area contributed by atoms with Gasteiger partial charge < -0.3 is 5.73 Å². The molecule has 0 aliphatic heterocycles. The van der Waals surface area contributed by atoms with Crippen LogP contribution < -0.4 is 17.0 Å². The van der Waals surface area contributed by atoms with E-state index in [-0.39, 0.29) is 11.2 Å². The predicted molar refractivity (Wildman–Crippen MR) is 253 cm³/mol. The first-order chi connectivity index (χ1) is 29.0. The summed E-state index contributed by atoms with van der Waals surface area (Å²) in [6, 6.07) is 24.9. The minimum Gasteiger partial charge on any atom is -0.330 e. The summed E-state index contributed by atoms with van der Waals surface area (Å²) in [7, 11) is 0. The second-order valence-corrected chi connectivity index (χ2v) is 17.6. The molecule has 0 bridgehead atoms. The van der Waals surface area contributed by atoms with Crippen molar-refractivity contribution in [2.75, 3.05) is 13.1 Å². The Kier molecular flexibility index (Phi) is 25.1. The van der Waals surface area contributed by atoms with Crippen LogP contribution in [0.3, 0.4) is 0 Å². The number of ketones is 1. The highest BCUT2D eigenvalue weighted by atomic mass is 79.9. The standard InChI is InChI=1S/C16H17BrN2O2.C14H18BrN.C8H10BrN.C6H10O.C2ClNO2/c17-12-7-5-11(6-8-12)9-10-19-14-4-2-1-3-13(14)15(20)18-16(19)21;15-13-8-6-12(7-9-13)10-11-16-14-4-2-1-3-5-14;9-8-3-1-7(2-4-8)5-6-10;7-6-4-2-1-3-5-6;3-2(6)4-1-5/h5-8H,1-4,9-10H2,(H,18,20,21);6-9H,1-5,10-11H2;1-4H,5-6,10H2;1-5H2;. The second kappa shape index (κ2) is 29.6. The van der Waals surface area contributed by atoms with Gasteiger partial charge in [0, 0.05) is 56.3 Å². The number of carbonyl (C=O) groups excluding carboxylic acids is 3. The Labute approximate surface area is 383 Å². The minimum atomic E-state index is -1.04. The number of aryl methyl sites for hydroxylation is 1. The van der Waals surface area contributed by atoms with Gasteiger partial charge in [0.15, 0.2) is 0 Å². The van der Waals surface area contributed by atoms with E-state index < -0.39 is 5.37 Å². The Balaban J connectivity index is 0.000000217. The normalized spacial score (nSPS) is 14.1. The number of aliphatic imine (C=N–C) groups is 2. The topological polar surface area (TPSA) is 157 Å². The molecule has 0 spiro atoms. The van der Waals surface area contributed by atoms with Crippen molar-refractivity contribution < 1.29 is 14.4 Å². The van der Waals surface area contributed by atoms with Gasteiger partial charge >= 0.3 is 11.1 Å². The first kappa shape index (κ1) is 50.8. The lowest BCUT2D eigenvalue weighted by molar-refractivity contribution is -0.120. The number of hydrogen-bond donors (Lipinski definition) is 2. The first-order valence-corrected chi connectivity index (χ1v) is 23.3. The molecule has 3 aromatic carbocycles. The van der Waals surface area contributed by atoms with E-state index in [1.54, 1.807) is 4.57 Å². The van der Waals surface area contributed by atoms with E-state index in [0.29, 0.717) is 12.3 Å². The Bertz CT molecular complexity index is 2100. The molecule has 322 valence electrons. The fourth-order valence-electron chi connectivity index (χ4n) is 6.83. The third-order valence-electron chi connectivity index (χ3n) is 10.0. The maximum atomic E-state index is 12.1. The largest absolute Gasteiger partial charge is 0.350 e. The molecular formula is C46H55Br3ClN5O5. The molecule has 0 unspecified atom stereocenters. The number of H-pyrrole nitrogens is 1. The number of fused-ring (bicyclic) bond motifs is 1. The van der Waals surface area contributed by atoms with Gasteiger partial charge in [0.1, 0.15) is 5.78 Å². The lowest BCUT2D eigenvalue weighted by Gasteiger charge is -2.19. The molecule has 0 atom stereocenters. The molecule has 1 aromatic heterocycles. The van der Waals surface area contributed by atoms with E-state index in [0.717, 1.165) is 114 Å². The summed E-state index contributed by atoms with van der Waals surface area (Å²) in [5.74, 6) is 0.464. The molecule has 0 radical (unpaired) electrons. The molecule has 7 rings (SSSR count). The monoisotopic (exact) mass is 1030 g/mol. The number of benzene rings is 3. The summed E-state index contributed by atoms with van der Waals surface area (Å²) >= 11 is 14.7. The molecule has 3 aliphatic rings. The molecule has 14 heteroatoms. The van der Waals surface area contributed by atoms with Crippen LogP contribution in [0.4, 0.5) is 4.79 Å². The number of nitrogens with zero attached hydrogens (tertiary/aromatic N) is 3. The van der Waals surface area contributed by atoms with Gasteiger partial charge in [-0.3, -0.25) is 28.9 Å². The average molecular weight is 1030 g/mol. The van der Waals surface area contributed by atoms with Crippen molar-refractivity contribution in [2.45, 2.75) is 116 Å². The molecule has 3 aliphatic carbocycles. The summed E-state index contributed by atoms with van der Waals surface area (Å²) < 4.78 is 5.06. The minimum absolute atomic E-state index is 0.199. The zero-order valence-corrected chi connectivity index (χ0v) is 39.6. The van der Waals surface area contributed by atoms with Crippen molar-refractivity contribution in [1.29, 1.82) is 0 Å². The van der Waals surface area contributed by atoms with Gasteiger partial charge in [-0.1, -0.05) is 97.0 Å². The fraction of sp³-hybridized carbons (Fsp3) is 0.435. The summed E-state index contributed by atoms with van der Waals surface area (Å²) in [4.78, 5) is 62.4. The lowest BCUT2D eigenvalue weighted by Crippen LogP contribution is -2.37. The molecular weight excluding hydrogens is 978 g/mol. The number of rotatable bonds is 8. The number of aromatic nitrogens is 2. The summed E-state index contributed by atoms with van der Waals surface area (Å²) in [6.07, 6.45) is 19.3. The number of nitrogens with two attached hydrogens (primary N) is 1. The van der Waals surface area contributed by atoms with Crippen molar-refractivity contribution >= 4 is 82.3 Å². The van der Waals surface area contributed by atoms with Gasteiger partial charge in [-0.05, 0) is 155 Å². The molecule has 2 fully saturated rings. The van der Waals surface area contributed by atoms with Crippen molar-refractivity contribution in [3.63, 3.8) is 0 Å². The average Bonchev–Trinajstić information content (AvgIpc) is 3.25. The molecule has 60 heavy (non-hydrogen) atoms. The van der Waals surface area contributed by atoms with E-state index in [9.17, 15) is 19.2 Å². The van der Waals surface area contributed by atoms with Crippen LogP contribution in [0.25, 0.3) is 0 Å². The van der Waals surface area contributed by atoms with Crippen molar-refractivity contribution in [2.24, 2.45) is 15.7 Å². The van der Waals surface area contributed by atoms with Gasteiger partial charge in [-0.2, -0.15) is 0 Å². The number of amides is 1. The Hall–Kier alpha value is -3.58. The van der Waals surface area contributed by atoms with Gasteiger partial charge in [-0.15, -0.1) is 4.99 Å². The van der Waals surface area contributed by atoms with Crippen molar-refractivity contribution in [1.82, 2.24) is 9.55 Å². The number of isocyanates is 1. The summed E-state index contributed by atoms with van der Waals surface area (Å²) in [5, 5.41) is -1.04. The Morgan fingerprint density at radius 3 is 1.58 bits per heavy atom. The van der Waals surface area contributed by atoms with Gasteiger partial charge in [0.05, 0.1) is 0 Å². The number of hydrogen-bond acceptors (Lipinski definition) is 7. The Morgan fingerprint density at radius 2 is 1.13 bits per heavy atom. The molecule has 3 N–H and O–H groups in total. The van der Waals surface area contributed by atoms with Gasteiger partial charge in [-0.25, -0.2) is 9.59 Å². The maximum absolute atomic E-state index is 12.1. The SMILES string of the molecule is Brc1ccc(CCN=C2CCCCC2)cc1.NCCc1ccc(Br)cc1.O=C1CCCCC1.O=C=NC(=O)Cl.O=c1[nH]c(=O)n(CCc2ccc(Br)cc2)c2c1CCCC2. The fourth-order valence-corrected chi connectivity index (χ4v) is 7.66. The third-order valence-corrected chi connectivity index (χ3v) is 11.7. The van der Waals surface area contributed by atoms with Crippen molar-refractivity contribution in [3.8, 4) is 0 Å². The molecule has 0 saturated heterocycles. The smallest absolute Gasteiger partial charge is 0.330 e. The van der Waals surface area contributed by atoms with E-state index in [1.165, 1.54) is 60.9 Å². The zero-order chi connectivity index (χ0) is 43.5. The molecule has 10 nitrogen and oxygen atoms in total. The number of halogens is 4. The number of nitrogens with one attached hydrogen (secondary N) is 1. The van der Waals surface area contributed by atoms with E-state index in [1.807, 2.05) is 36.4 Å². The van der Waals surface area contributed by atoms with Crippen LogP contribution in [-0.2, 0) is 48.2 Å². The van der Waals surface area contributed by atoms with E-state index >= 15 is 0 Å². The van der Waals surface area contributed by atoms with Crippen LogP contribution >= 0.6 is 59.4 Å². The van der Waals surface area contributed by atoms with Crippen LogP contribution in [0, 0.1) is 0 Å². The predicted octanol–water partition coefficient (Wildman–Crippen LogP) is 11.0. The summed E-state index contributed by atoms with van der Waals surface area (Å²) in [5.41, 5.74) is 12.0. The number of carbonyl (C=O) groups is 2. The Morgan fingerprint density at radius 1 is 0.667 bits per heavy atom. The van der Waals surface area contributed by atoms with Crippen LogP contribution in [-0.4, -0.2) is 45.6 Å². The molecule has 1 amide bonds. The van der Waals surface area contributed by atoms with Crippen molar-refractivity contribution in [3.05, 3.63) is 135 Å². The van der Waals surface area contributed by atoms with Crippen LogP contribution in [0.15, 0.2) is 106 Å². The maximum Gasteiger partial charge on any atom is 0.350 e. The van der Waals surface area contributed by atoms with Crippen LogP contribution in [0.2, 0.25) is 0 Å². The number of Topliss-reactive ketones (excluding diaryl/α,β-unsaturated/α-hetero) is 1.